The lowest BCUT2D eigenvalue weighted by atomic mass is 9.85. The molecule has 3 rings (SSSR count). The third kappa shape index (κ3) is 6.20. The van der Waals surface area contributed by atoms with Gasteiger partial charge < -0.3 is 15.5 Å². The lowest BCUT2D eigenvalue weighted by molar-refractivity contribution is -0.176. The number of amides is 3. The van der Waals surface area contributed by atoms with Crippen molar-refractivity contribution in [2.45, 2.75) is 65.3 Å². The monoisotopic (exact) mass is 532 g/mol. The van der Waals surface area contributed by atoms with E-state index in [4.69, 9.17) is 0 Å². The summed E-state index contributed by atoms with van der Waals surface area (Å²) in [5, 5.41) is 15.0. The van der Waals surface area contributed by atoms with Gasteiger partial charge in [0.2, 0.25) is 11.8 Å². The Morgan fingerprint density at radius 1 is 1.16 bits per heavy atom. The minimum Gasteiger partial charge on any atom is -0.336 e. The normalized spacial score (nSPS) is 19.6. The molecule has 204 valence electrons. The highest BCUT2D eigenvalue weighted by atomic mass is 19.4. The number of carbonyl (C=O) groups is 3. The molecule has 2 aromatic heterocycles. The molecular formula is C26H31F3N6O3. The molecule has 9 nitrogen and oxygen atoms in total. The van der Waals surface area contributed by atoms with Crippen molar-refractivity contribution in [1.82, 2.24) is 25.5 Å². The maximum absolute atomic E-state index is 13.6. The molecule has 2 aromatic rings. The zero-order valence-corrected chi connectivity index (χ0v) is 21.8. The molecule has 1 unspecified atom stereocenters. The molecule has 0 radical (unpaired) electrons. The van der Waals surface area contributed by atoms with Crippen molar-refractivity contribution in [2.24, 2.45) is 17.3 Å². The fourth-order valence-electron chi connectivity index (χ4n) is 4.52. The van der Waals surface area contributed by atoms with Crippen molar-refractivity contribution in [3.05, 3.63) is 36.3 Å². The van der Waals surface area contributed by atoms with Gasteiger partial charge in [-0.05, 0) is 35.8 Å². The summed E-state index contributed by atoms with van der Waals surface area (Å²) >= 11 is 0. The van der Waals surface area contributed by atoms with Crippen molar-refractivity contribution in [3.63, 3.8) is 0 Å². The first-order valence-corrected chi connectivity index (χ1v) is 12.2. The topological polar surface area (TPSA) is 128 Å². The maximum Gasteiger partial charge on any atom is 0.471 e. The van der Waals surface area contributed by atoms with E-state index in [1.54, 1.807) is 24.5 Å². The van der Waals surface area contributed by atoms with Gasteiger partial charge in [-0.2, -0.15) is 18.4 Å². The van der Waals surface area contributed by atoms with Crippen LogP contribution in [0.5, 0.6) is 0 Å². The number of pyridine rings is 2. The third-order valence-electron chi connectivity index (χ3n) is 6.77. The van der Waals surface area contributed by atoms with Crippen molar-refractivity contribution < 1.29 is 27.6 Å². The number of rotatable bonds is 6. The molecule has 4 atom stereocenters. The molecule has 1 aliphatic heterocycles. The molecule has 0 bridgehead atoms. The SMILES string of the molecule is CC(C)[C@@H]1C[C@@H](C(=O)NC(C#N)c2cncc3cccnc23)N(C(=O)[C@@H](NC(=O)C(F)(F)F)C(C)(C)C)C1. The summed E-state index contributed by atoms with van der Waals surface area (Å²) in [5.74, 6) is -3.70. The van der Waals surface area contributed by atoms with Gasteiger partial charge in [0, 0.05) is 36.1 Å². The van der Waals surface area contributed by atoms with Gasteiger partial charge in [0.1, 0.15) is 18.1 Å². The highest BCUT2D eigenvalue weighted by molar-refractivity contribution is 5.94. The molecule has 1 fully saturated rings. The molecule has 0 saturated carbocycles. The van der Waals surface area contributed by atoms with Gasteiger partial charge in [-0.25, -0.2) is 0 Å². The Bertz CT molecular complexity index is 1250. The van der Waals surface area contributed by atoms with E-state index < -0.39 is 47.4 Å². The van der Waals surface area contributed by atoms with E-state index in [-0.39, 0.29) is 24.8 Å². The first kappa shape index (κ1) is 28.8. The van der Waals surface area contributed by atoms with Crippen LogP contribution in [0.4, 0.5) is 13.2 Å². The van der Waals surface area contributed by atoms with E-state index in [0.717, 1.165) is 0 Å². The van der Waals surface area contributed by atoms with Crippen molar-refractivity contribution in [2.75, 3.05) is 6.54 Å². The van der Waals surface area contributed by atoms with E-state index in [9.17, 15) is 32.8 Å². The number of nitrogens with zero attached hydrogens (tertiary/aromatic N) is 4. The van der Waals surface area contributed by atoms with Gasteiger partial charge in [0.05, 0.1) is 11.6 Å². The molecule has 38 heavy (non-hydrogen) atoms. The Labute approximate surface area is 218 Å². The average molecular weight is 533 g/mol. The van der Waals surface area contributed by atoms with Crippen LogP contribution in [0.1, 0.15) is 52.6 Å². The van der Waals surface area contributed by atoms with E-state index in [1.165, 1.54) is 31.9 Å². The second-order valence-corrected chi connectivity index (χ2v) is 10.9. The number of hydrogen-bond donors (Lipinski definition) is 2. The van der Waals surface area contributed by atoms with Crippen molar-refractivity contribution >= 4 is 28.6 Å². The Balaban J connectivity index is 1.92. The van der Waals surface area contributed by atoms with E-state index in [1.807, 2.05) is 25.2 Å². The molecule has 12 heteroatoms. The summed E-state index contributed by atoms with van der Waals surface area (Å²) in [4.78, 5) is 48.5. The van der Waals surface area contributed by atoms with Crippen LogP contribution in [0.15, 0.2) is 30.7 Å². The van der Waals surface area contributed by atoms with Crippen LogP contribution in [0.2, 0.25) is 0 Å². The largest absolute Gasteiger partial charge is 0.471 e. The van der Waals surface area contributed by atoms with Crippen LogP contribution >= 0.6 is 0 Å². The number of nitrogens with one attached hydrogen (secondary N) is 2. The fraction of sp³-hybridized carbons (Fsp3) is 0.538. The van der Waals surface area contributed by atoms with Gasteiger partial charge in [-0.3, -0.25) is 24.4 Å². The Kier molecular flexibility index (Phi) is 8.29. The highest BCUT2D eigenvalue weighted by Gasteiger charge is 2.48. The minimum atomic E-state index is -5.17. The lowest BCUT2D eigenvalue weighted by Crippen LogP contribution is -2.59. The van der Waals surface area contributed by atoms with Gasteiger partial charge in [-0.15, -0.1) is 0 Å². The predicted octanol–water partition coefficient (Wildman–Crippen LogP) is 3.28. The van der Waals surface area contributed by atoms with Crippen LogP contribution in [0, 0.1) is 28.6 Å². The maximum atomic E-state index is 13.6. The number of halogens is 3. The van der Waals surface area contributed by atoms with Crippen LogP contribution in [-0.2, 0) is 14.4 Å². The van der Waals surface area contributed by atoms with Crippen LogP contribution in [-0.4, -0.2) is 57.4 Å². The molecule has 3 amide bonds. The highest BCUT2D eigenvalue weighted by Crippen LogP contribution is 2.33. The third-order valence-corrected chi connectivity index (χ3v) is 6.77. The molecule has 1 saturated heterocycles. The van der Waals surface area contributed by atoms with Crippen LogP contribution in [0.25, 0.3) is 10.9 Å². The average Bonchev–Trinajstić information content (AvgIpc) is 3.30. The van der Waals surface area contributed by atoms with Crippen LogP contribution < -0.4 is 10.6 Å². The zero-order chi connectivity index (χ0) is 28.4. The van der Waals surface area contributed by atoms with Gasteiger partial charge in [-0.1, -0.05) is 34.6 Å². The van der Waals surface area contributed by atoms with Crippen molar-refractivity contribution in [3.8, 4) is 6.07 Å². The zero-order valence-electron chi connectivity index (χ0n) is 21.8. The summed E-state index contributed by atoms with van der Waals surface area (Å²) < 4.78 is 39.1. The summed E-state index contributed by atoms with van der Waals surface area (Å²) in [5.41, 5.74) is -0.221. The van der Waals surface area contributed by atoms with Gasteiger partial charge in [0.15, 0.2) is 0 Å². The second kappa shape index (κ2) is 10.9. The summed E-state index contributed by atoms with van der Waals surface area (Å²) in [7, 11) is 0. The Hall–Kier alpha value is -3.75. The molecule has 3 heterocycles. The Morgan fingerprint density at radius 2 is 1.84 bits per heavy atom. The quantitative estimate of drug-likeness (QED) is 0.588. The van der Waals surface area contributed by atoms with Crippen molar-refractivity contribution in [1.29, 1.82) is 5.26 Å². The lowest BCUT2D eigenvalue weighted by Gasteiger charge is -2.35. The molecule has 0 aliphatic carbocycles. The van der Waals surface area contributed by atoms with Gasteiger partial charge in [0.25, 0.3) is 0 Å². The fourth-order valence-corrected chi connectivity index (χ4v) is 4.52. The summed E-state index contributed by atoms with van der Waals surface area (Å²) in [6.45, 7) is 8.56. The number of alkyl halides is 3. The number of nitriles is 1. The predicted molar refractivity (Wildman–Crippen MR) is 132 cm³/mol. The number of likely N-dealkylation sites (tertiary alicyclic amines) is 1. The van der Waals surface area contributed by atoms with E-state index in [2.05, 4.69) is 15.3 Å². The van der Waals surface area contributed by atoms with E-state index in [0.29, 0.717) is 16.5 Å². The number of aromatic nitrogens is 2. The number of hydrogen-bond acceptors (Lipinski definition) is 6. The molecule has 0 spiro atoms. The second-order valence-electron chi connectivity index (χ2n) is 10.9. The number of fused-ring (bicyclic) bond motifs is 1. The van der Waals surface area contributed by atoms with E-state index >= 15 is 0 Å². The Morgan fingerprint density at radius 3 is 2.42 bits per heavy atom. The molecule has 2 N–H and O–H groups in total. The molecule has 1 aliphatic rings. The first-order chi connectivity index (χ1) is 17.6. The summed E-state index contributed by atoms with van der Waals surface area (Å²) in [6.07, 6.45) is -0.362. The number of carbonyl (C=O) groups excluding carboxylic acids is 3. The summed E-state index contributed by atoms with van der Waals surface area (Å²) in [6, 6.07) is 1.80. The molecular weight excluding hydrogens is 501 g/mol. The first-order valence-electron chi connectivity index (χ1n) is 12.2. The van der Waals surface area contributed by atoms with Crippen LogP contribution in [0.3, 0.4) is 0 Å². The molecule has 0 aromatic carbocycles. The van der Waals surface area contributed by atoms with Gasteiger partial charge >= 0.3 is 12.1 Å². The minimum absolute atomic E-state index is 0.0687. The smallest absolute Gasteiger partial charge is 0.336 e. The standard InChI is InChI=1S/C26H31F3N6O3/c1-14(2)16-9-19(35(13-16)23(37)21(25(3,4)5)34-24(38)26(27,28)29)22(36)33-18(10-30)17-12-31-11-15-7-6-8-32-20(15)17/h6-8,11-12,14,16,18-19,21H,9,13H2,1-5H3,(H,33,36)(H,34,38)/t16-,18?,19+,21-/m1/s1.